The Hall–Kier alpha value is -2.47. The topological polar surface area (TPSA) is 70.2 Å². The van der Waals surface area contributed by atoms with Crippen LogP contribution in [0, 0.1) is 6.92 Å². The second kappa shape index (κ2) is 9.87. The Bertz CT molecular complexity index is 728. The maximum atomic E-state index is 12.0. The van der Waals surface area contributed by atoms with Crippen LogP contribution in [0.1, 0.15) is 25.0 Å². The maximum absolute atomic E-state index is 12.0. The molecule has 0 unspecified atom stereocenters. The number of hydrogen-bond acceptors (Lipinski definition) is 3. The highest BCUT2D eigenvalue weighted by Gasteiger charge is 2.05. The zero-order valence-corrected chi connectivity index (χ0v) is 16.2. The van der Waals surface area contributed by atoms with Crippen molar-refractivity contribution in [3.8, 4) is 0 Å². The fourth-order valence-corrected chi connectivity index (χ4v) is 3.00. The number of carbonyl (C=O) groups excluding carboxylic acids is 2. The third-order valence-electron chi connectivity index (χ3n) is 3.47. The summed E-state index contributed by atoms with van der Waals surface area (Å²) >= 11 is 1.58. The average molecular weight is 372 g/mol. The summed E-state index contributed by atoms with van der Waals surface area (Å²) in [6, 6.07) is 15.2. The van der Waals surface area contributed by atoms with Crippen molar-refractivity contribution in [2.45, 2.75) is 32.6 Å². The molecule has 5 nitrogen and oxygen atoms in total. The first-order valence-corrected chi connectivity index (χ1v) is 9.68. The molecule has 0 aliphatic heterocycles. The minimum atomic E-state index is -0.246. The highest BCUT2D eigenvalue weighted by atomic mass is 32.2. The smallest absolute Gasteiger partial charge is 0.319 e. The SMILES string of the molecule is Cc1ccc(CSCC(=O)Nc2ccc(NC(=O)NC(C)C)cc2)cc1. The van der Waals surface area contributed by atoms with E-state index in [-0.39, 0.29) is 18.0 Å². The fourth-order valence-electron chi connectivity index (χ4n) is 2.21. The highest BCUT2D eigenvalue weighted by Crippen LogP contribution is 2.16. The molecule has 0 bridgehead atoms. The molecule has 0 saturated heterocycles. The molecule has 138 valence electrons. The van der Waals surface area contributed by atoms with E-state index in [1.807, 2.05) is 13.8 Å². The molecule has 0 fully saturated rings. The molecule has 0 aliphatic rings. The zero-order chi connectivity index (χ0) is 18.9. The summed E-state index contributed by atoms with van der Waals surface area (Å²) in [4.78, 5) is 23.7. The van der Waals surface area contributed by atoms with Crippen LogP contribution >= 0.6 is 11.8 Å². The Morgan fingerprint density at radius 3 is 2.08 bits per heavy atom. The number of urea groups is 1. The summed E-state index contributed by atoms with van der Waals surface area (Å²) in [5.41, 5.74) is 3.83. The third kappa shape index (κ3) is 7.19. The molecule has 0 aliphatic carbocycles. The van der Waals surface area contributed by atoms with E-state index in [2.05, 4.69) is 47.1 Å². The summed E-state index contributed by atoms with van der Waals surface area (Å²) in [5.74, 6) is 1.16. The Morgan fingerprint density at radius 2 is 1.50 bits per heavy atom. The molecule has 3 N–H and O–H groups in total. The molecular formula is C20H25N3O2S. The van der Waals surface area contributed by atoms with Crippen molar-refractivity contribution in [3.63, 3.8) is 0 Å². The highest BCUT2D eigenvalue weighted by molar-refractivity contribution is 7.99. The number of benzene rings is 2. The average Bonchev–Trinajstić information content (AvgIpc) is 2.58. The summed E-state index contributed by atoms with van der Waals surface area (Å²) in [6.07, 6.45) is 0. The van der Waals surface area contributed by atoms with Gasteiger partial charge in [-0.3, -0.25) is 4.79 Å². The number of hydrogen-bond donors (Lipinski definition) is 3. The van der Waals surface area contributed by atoms with E-state index < -0.39 is 0 Å². The first-order chi connectivity index (χ1) is 12.4. The van der Waals surface area contributed by atoms with Crippen LogP contribution in [0.15, 0.2) is 48.5 Å². The molecule has 2 aromatic carbocycles. The van der Waals surface area contributed by atoms with E-state index in [4.69, 9.17) is 0 Å². The van der Waals surface area contributed by atoms with E-state index in [0.717, 1.165) is 5.75 Å². The predicted molar refractivity (Wildman–Crippen MR) is 110 cm³/mol. The molecule has 0 spiro atoms. The van der Waals surface area contributed by atoms with Gasteiger partial charge in [-0.2, -0.15) is 0 Å². The number of rotatable bonds is 7. The van der Waals surface area contributed by atoms with Gasteiger partial charge < -0.3 is 16.0 Å². The van der Waals surface area contributed by atoms with Crippen molar-refractivity contribution < 1.29 is 9.59 Å². The van der Waals surface area contributed by atoms with Crippen LogP contribution in [0.5, 0.6) is 0 Å². The Balaban J connectivity index is 1.74. The molecule has 0 heterocycles. The Kier molecular flexibility index (Phi) is 7.53. The van der Waals surface area contributed by atoms with Crippen molar-refractivity contribution in [3.05, 3.63) is 59.7 Å². The predicted octanol–water partition coefficient (Wildman–Crippen LogP) is 4.40. The van der Waals surface area contributed by atoms with E-state index >= 15 is 0 Å². The van der Waals surface area contributed by atoms with Crippen LogP contribution < -0.4 is 16.0 Å². The van der Waals surface area contributed by atoms with Gasteiger partial charge in [0.1, 0.15) is 0 Å². The molecular weight excluding hydrogens is 346 g/mol. The van der Waals surface area contributed by atoms with Gasteiger partial charge in [-0.15, -0.1) is 11.8 Å². The Labute approximate surface area is 159 Å². The Morgan fingerprint density at radius 1 is 0.923 bits per heavy atom. The van der Waals surface area contributed by atoms with Crippen molar-refractivity contribution in [1.29, 1.82) is 0 Å². The molecule has 2 aromatic rings. The molecule has 0 radical (unpaired) electrons. The van der Waals surface area contributed by atoms with Gasteiger partial charge in [0.25, 0.3) is 0 Å². The van der Waals surface area contributed by atoms with Crippen molar-refractivity contribution in [2.24, 2.45) is 0 Å². The zero-order valence-electron chi connectivity index (χ0n) is 15.3. The summed E-state index contributed by atoms with van der Waals surface area (Å²) in [6.45, 7) is 5.85. The molecule has 26 heavy (non-hydrogen) atoms. The number of nitrogens with one attached hydrogen (secondary N) is 3. The lowest BCUT2D eigenvalue weighted by molar-refractivity contribution is -0.113. The van der Waals surface area contributed by atoms with Gasteiger partial charge in [-0.1, -0.05) is 29.8 Å². The number of aryl methyl sites for hydroxylation is 1. The van der Waals surface area contributed by atoms with Crippen molar-refractivity contribution in [1.82, 2.24) is 5.32 Å². The van der Waals surface area contributed by atoms with Gasteiger partial charge in [0.05, 0.1) is 5.75 Å². The molecule has 0 atom stereocenters. The summed E-state index contributed by atoms with van der Waals surface area (Å²) in [7, 11) is 0. The van der Waals surface area contributed by atoms with Gasteiger partial charge in [0.2, 0.25) is 5.91 Å². The minimum absolute atomic E-state index is 0.0413. The van der Waals surface area contributed by atoms with E-state index in [1.54, 1.807) is 36.0 Å². The van der Waals surface area contributed by atoms with Crippen LogP contribution in [-0.2, 0) is 10.5 Å². The van der Waals surface area contributed by atoms with Gasteiger partial charge in [-0.25, -0.2) is 4.79 Å². The first-order valence-electron chi connectivity index (χ1n) is 8.53. The van der Waals surface area contributed by atoms with Crippen molar-refractivity contribution >= 4 is 35.1 Å². The summed E-state index contributed by atoms with van der Waals surface area (Å²) < 4.78 is 0. The second-order valence-electron chi connectivity index (χ2n) is 6.36. The fraction of sp³-hybridized carbons (Fsp3) is 0.300. The molecule has 0 aromatic heterocycles. The quantitative estimate of drug-likeness (QED) is 0.676. The van der Waals surface area contributed by atoms with Crippen LogP contribution in [0.3, 0.4) is 0 Å². The first kappa shape index (κ1) is 19.8. The van der Waals surface area contributed by atoms with Gasteiger partial charge >= 0.3 is 6.03 Å². The van der Waals surface area contributed by atoms with Crippen LogP contribution in [-0.4, -0.2) is 23.7 Å². The molecule has 0 saturated carbocycles. The number of carbonyl (C=O) groups is 2. The molecule has 3 amide bonds. The standard InChI is InChI=1S/C20H25N3O2S/c1-14(2)21-20(25)23-18-10-8-17(9-11-18)22-19(24)13-26-12-16-6-4-15(3)5-7-16/h4-11,14H,12-13H2,1-3H3,(H,22,24)(H2,21,23,25). The van der Waals surface area contributed by atoms with E-state index in [9.17, 15) is 9.59 Å². The van der Waals surface area contributed by atoms with Crippen LogP contribution in [0.25, 0.3) is 0 Å². The lowest BCUT2D eigenvalue weighted by Gasteiger charge is -2.11. The monoisotopic (exact) mass is 371 g/mol. The van der Waals surface area contributed by atoms with Crippen LogP contribution in [0.2, 0.25) is 0 Å². The third-order valence-corrected chi connectivity index (χ3v) is 4.47. The number of anilines is 2. The van der Waals surface area contributed by atoms with Crippen LogP contribution in [0.4, 0.5) is 16.2 Å². The van der Waals surface area contributed by atoms with E-state index in [1.165, 1.54) is 11.1 Å². The number of thioether (sulfide) groups is 1. The minimum Gasteiger partial charge on any atom is -0.336 e. The van der Waals surface area contributed by atoms with Gasteiger partial charge in [-0.05, 0) is 50.6 Å². The van der Waals surface area contributed by atoms with Crippen molar-refractivity contribution in [2.75, 3.05) is 16.4 Å². The lowest BCUT2D eigenvalue weighted by Crippen LogP contribution is -2.34. The van der Waals surface area contributed by atoms with E-state index in [0.29, 0.717) is 17.1 Å². The molecule has 2 rings (SSSR count). The largest absolute Gasteiger partial charge is 0.336 e. The number of amides is 3. The maximum Gasteiger partial charge on any atom is 0.319 e. The normalized spacial score (nSPS) is 10.5. The van der Waals surface area contributed by atoms with Gasteiger partial charge in [0, 0.05) is 23.2 Å². The summed E-state index contributed by atoms with van der Waals surface area (Å²) in [5, 5.41) is 8.36. The molecule has 6 heteroatoms. The second-order valence-corrected chi connectivity index (χ2v) is 7.34. The lowest BCUT2D eigenvalue weighted by atomic mass is 10.2. The van der Waals surface area contributed by atoms with Gasteiger partial charge in [0.15, 0.2) is 0 Å².